The van der Waals surface area contributed by atoms with Gasteiger partial charge in [-0.2, -0.15) is 0 Å². The average Bonchev–Trinajstić information content (AvgIpc) is 3.15. The summed E-state index contributed by atoms with van der Waals surface area (Å²) in [6, 6.07) is 14.2. The molecule has 2 aromatic heterocycles. The third kappa shape index (κ3) is 4.46. The molecule has 0 aliphatic rings. The number of aryl methyl sites for hydroxylation is 1. The van der Waals surface area contributed by atoms with Crippen LogP contribution in [-0.4, -0.2) is 28.5 Å². The van der Waals surface area contributed by atoms with Crippen LogP contribution in [0.25, 0.3) is 22.2 Å². The zero-order valence-corrected chi connectivity index (χ0v) is 19.4. The molecule has 0 spiro atoms. The van der Waals surface area contributed by atoms with E-state index in [0.717, 1.165) is 16.9 Å². The van der Waals surface area contributed by atoms with E-state index in [9.17, 15) is 9.59 Å². The van der Waals surface area contributed by atoms with Gasteiger partial charge >= 0.3 is 5.97 Å². The standard InChI is InChI=1S/C23H17Cl2N3O3S/c1-3-31-22(30)20-12(2)26-23(32-20)28-21(29)15-11-19(13-8-9-16(24)17(25)10-13)27-18-7-5-4-6-14(15)18/h4-11H,3H2,1-2H3,(H,26,28,29). The Labute approximate surface area is 198 Å². The predicted octanol–water partition coefficient (Wildman–Crippen LogP) is 6.40. The van der Waals surface area contributed by atoms with Crippen LogP contribution in [0.2, 0.25) is 10.0 Å². The molecule has 32 heavy (non-hydrogen) atoms. The maximum absolute atomic E-state index is 13.2. The van der Waals surface area contributed by atoms with Gasteiger partial charge in [0.2, 0.25) is 0 Å². The van der Waals surface area contributed by atoms with Gasteiger partial charge < -0.3 is 4.74 Å². The summed E-state index contributed by atoms with van der Waals surface area (Å²) >= 11 is 13.3. The van der Waals surface area contributed by atoms with E-state index in [0.29, 0.717) is 47.9 Å². The minimum atomic E-state index is -0.459. The molecule has 1 N–H and O–H groups in total. The van der Waals surface area contributed by atoms with Crippen LogP contribution in [0.4, 0.5) is 5.13 Å². The van der Waals surface area contributed by atoms with Crippen LogP contribution in [0.3, 0.4) is 0 Å². The van der Waals surface area contributed by atoms with E-state index in [2.05, 4.69) is 15.3 Å². The molecule has 0 saturated carbocycles. The van der Waals surface area contributed by atoms with Crippen molar-refractivity contribution < 1.29 is 14.3 Å². The second-order valence-corrected chi connectivity index (χ2v) is 8.62. The molecule has 0 aliphatic heterocycles. The van der Waals surface area contributed by atoms with Crippen molar-refractivity contribution in [2.24, 2.45) is 0 Å². The zero-order valence-electron chi connectivity index (χ0n) is 17.1. The Balaban J connectivity index is 1.73. The minimum absolute atomic E-state index is 0.262. The molecule has 1 amide bonds. The molecule has 6 nitrogen and oxygen atoms in total. The number of carbonyl (C=O) groups excluding carboxylic acids is 2. The number of ether oxygens (including phenoxy) is 1. The number of nitrogens with one attached hydrogen (secondary N) is 1. The number of carbonyl (C=O) groups is 2. The Morgan fingerprint density at radius 3 is 2.59 bits per heavy atom. The van der Waals surface area contributed by atoms with Crippen LogP contribution in [0, 0.1) is 6.92 Å². The number of hydrogen-bond acceptors (Lipinski definition) is 6. The number of anilines is 1. The smallest absolute Gasteiger partial charge is 0.350 e. The fourth-order valence-electron chi connectivity index (χ4n) is 3.17. The second-order valence-electron chi connectivity index (χ2n) is 6.81. The lowest BCUT2D eigenvalue weighted by atomic mass is 10.0. The number of para-hydroxylation sites is 1. The molecule has 4 aromatic rings. The average molecular weight is 486 g/mol. The Hall–Kier alpha value is -3.00. The van der Waals surface area contributed by atoms with E-state index in [4.69, 9.17) is 27.9 Å². The number of rotatable bonds is 5. The monoisotopic (exact) mass is 485 g/mol. The molecule has 0 bridgehead atoms. The van der Waals surface area contributed by atoms with Crippen LogP contribution in [0.1, 0.15) is 32.6 Å². The largest absolute Gasteiger partial charge is 0.462 e. The van der Waals surface area contributed by atoms with Crippen molar-refractivity contribution in [3.63, 3.8) is 0 Å². The van der Waals surface area contributed by atoms with Crippen LogP contribution in [-0.2, 0) is 4.74 Å². The van der Waals surface area contributed by atoms with Gasteiger partial charge in [0.1, 0.15) is 4.88 Å². The summed E-state index contributed by atoms with van der Waals surface area (Å²) < 4.78 is 5.04. The van der Waals surface area contributed by atoms with E-state index in [1.54, 1.807) is 38.1 Å². The molecule has 2 aromatic carbocycles. The molecule has 0 radical (unpaired) electrons. The quantitative estimate of drug-likeness (QED) is 0.330. The van der Waals surface area contributed by atoms with Crippen LogP contribution in [0.15, 0.2) is 48.5 Å². The molecule has 0 unspecified atom stereocenters. The van der Waals surface area contributed by atoms with Crippen LogP contribution >= 0.6 is 34.5 Å². The zero-order chi connectivity index (χ0) is 22.8. The minimum Gasteiger partial charge on any atom is -0.462 e. The van der Waals surface area contributed by atoms with Crippen molar-refractivity contribution in [3.8, 4) is 11.3 Å². The van der Waals surface area contributed by atoms with Crippen molar-refractivity contribution in [2.75, 3.05) is 11.9 Å². The van der Waals surface area contributed by atoms with Crippen molar-refractivity contribution in [1.29, 1.82) is 0 Å². The Bertz CT molecular complexity index is 1350. The van der Waals surface area contributed by atoms with Crippen LogP contribution < -0.4 is 5.32 Å². The van der Waals surface area contributed by atoms with Gasteiger partial charge in [-0.05, 0) is 38.1 Å². The lowest BCUT2D eigenvalue weighted by molar-refractivity contribution is 0.0531. The van der Waals surface area contributed by atoms with E-state index in [1.165, 1.54) is 0 Å². The van der Waals surface area contributed by atoms with Crippen molar-refractivity contribution >= 4 is 62.4 Å². The molecule has 9 heteroatoms. The number of pyridine rings is 1. The highest BCUT2D eigenvalue weighted by molar-refractivity contribution is 7.17. The number of benzene rings is 2. The molecular weight excluding hydrogens is 469 g/mol. The van der Waals surface area contributed by atoms with E-state index < -0.39 is 5.97 Å². The first-order valence-electron chi connectivity index (χ1n) is 9.68. The summed E-state index contributed by atoms with van der Waals surface area (Å²) in [5.74, 6) is -0.826. The normalized spacial score (nSPS) is 10.9. The van der Waals surface area contributed by atoms with E-state index in [1.807, 2.05) is 24.3 Å². The Morgan fingerprint density at radius 2 is 1.84 bits per heavy atom. The maximum Gasteiger partial charge on any atom is 0.350 e. The Morgan fingerprint density at radius 1 is 1.06 bits per heavy atom. The first-order chi connectivity index (χ1) is 15.4. The summed E-state index contributed by atoms with van der Waals surface area (Å²) in [7, 11) is 0. The maximum atomic E-state index is 13.2. The highest BCUT2D eigenvalue weighted by Gasteiger charge is 2.20. The van der Waals surface area contributed by atoms with Crippen molar-refractivity contribution in [1.82, 2.24) is 9.97 Å². The summed E-state index contributed by atoms with van der Waals surface area (Å²) in [6.07, 6.45) is 0. The fourth-order valence-corrected chi connectivity index (χ4v) is 4.32. The summed E-state index contributed by atoms with van der Waals surface area (Å²) in [5, 5.41) is 4.63. The molecule has 0 aliphatic carbocycles. The van der Waals surface area contributed by atoms with Gasteiger partial charge in [0, 0.05) is 10.9 Å². The summed E-state index contributed by atoms with van der Waals surface area (Å²) in [4.78, 5) is 34.6. The first kappa shape index (κ1) is 22.2. The highest BCUT2D eigenvalue weighted by Crippen LogP contribution is 2.31. The lowest BCUT2D eigenvalue weighted by Crippen LogP contribution is -2.13. The molecule has 0 atom stereocenters. The third-order valence-corrected chi connectivity index (χ3v) is 6.45. The highest BCUT2D eigenvalue weighted by atomic mass is 35.5. The van der Waals surface area contributed by atoms with Gasteiger partial charge in [0.25, 0.3) is 5.91 Å². The number of amides is 1. The number of thiazole rings is 1. The molecular formula is C23H17Cl2N3O3S. The van der Waals surface area contributed by atoms with Crippen molar-refractivity contribution in [2.45, 2.75) is 13.8 Å². The van der Waals surface area contributed by atoms with Gasteiger partial charge in [0.05, 0.1) is 39.1 Å². The van der Waals surface area contributed by atoms with Gasteiger partial charge in [-0.1, -0.05) is 58.8 Å². The molecule has 162 valence electrons. The van der Waals surface area contributed by atoms with Gasteiger partial charge in [0.15, 0.2) is 5.13 Å². The number of aromatic nitrogens is 2. The third-order valence-electron chi connectivity index (χ3n) is 4.65. The van der Waals surface area contributed by atoms with Crippen LogP contribution in [0.5, 0.6) is 0 Å². The Kier molecular flexibility index (Phi) is 6.41. The number of esters is 1. The summed E-state index contributed by atoms with van der Waals surface area (Å²) in [5.41, 5.74) is 2.88. The second kappa shape index (κ2) is 9.24. The number of halogens is 2. The first-order valence-corrected chi connectivity index (χ1v) is 11.3. The fraction of sp³-hybridized carbons (Fsp3) is 0.130. The van der Waals surface area contributed by atoms with E-state index in [-0.39, 0.29) is 12.5 Å². The number of hydrogen-bond donors (Lipinski definition) is 1. The lowest BCUT2D eigenvalue weighted by Gasteiger charge is -2.10. The van der Waals surface area contributed by atoms with Crippen molar-refractivity contribution in [3.05, 3.63) is 74.7 Å². The molecule has 0 fully saturated rings. The molecule has 2 heterocycles. The predicted molar refractivity (Wildman–Crippen MR) is 128 cm³/mol. The van der Waals surface area contributed by atoms with E-state index >= 15 is 0 Å². The SMILES string of the molecule is CCOC(=O)c1sc(NC(=O)c2cc(-c3ccc(Cl)c(Cl)c3)nc3ccccc23)nc1C. The topological polar surface area (TPSA) is 81.2 Å². The van der Waals surface area contributed by atoms with Gasteiger partial charge in [-0.3, -0.25) is 10.1 Å². The number of fused-ring (bicyclic) bond motifs is 1. The van der Waals surface area contributed by atoms with Gasteiger partial charge in [-0.15, -0.1) is 0 Å². The number of nitrogens with zero attached hydrogens (tertiary/aromatic N) is 2. The molecule has 4 rings (SSSR count). The molecule has 0 saturated heterocycles. The summed E-state index contributed by atoms with van der Waals surface area (Å²) in [6.45, 7) is 3.69. The van der Waals surface area contributed by atoms with Gasteiger partial charge in [-0.25, -0.2) is 14.8 Å².